The number of rotatable bonds is 3. The minimum Gasteiger partial charge on any atom is -0.481 e. The van der Waals surface area contributed by atoms with E-state index in [1.165, 1.54) is 12.8 Å². The number of carboxylic acid groups (broad SMARTS) is 1. The molecule has 0 bridgehead atoms. The van der Waals surface area contributed by atoms with E-state index in [9.17, 15) is 4.79 Å². The van der Waals surface area contributed by atoms with Crippen molar-refractivity contribution in [2.24, 2.45) is 11.8 Å². The Balaban J connectivity index is 1.72. The number of aliphatic carboxylic acids is 1. The van der Waals surface area contributed by atoms with Gasteiger partial charge in [0.05, 0.1) is 5.92 Å². The van der Waals surface area contributed by atoms with Crippen molar-refractivity contribution >= 4 is 17.6 Å². The van der Waals surface area contributed by atoms with Gasteiger partial charge in [-0.2, -0.15) is 0 Å². The second-order valence-corrected chi connectivity index (χ2v) is 6.90. The number of nitrogens with zero attached hydrogens (tertiary/aromatic N) is 4. The average Bonchev–Trinajstić information content (AvgIpc) is 2.55. The highest BCUT2D eigenvalue weighted by atomic mass is 16.4. The maximum absolute atomic E-state index is 11.1. The first-order chi connectivity index (χ1) is 11.0. The van der Waals surface area contributed by atoms with Crippen LogP contribution in [0.3, 0.4) is 0 Å². The topological polar surface area (TPSA) is 69.6 Å². The normalized spacial score (nSPS) is 20.8. The van der Waals surface area contributed by atoms with Crippen LogP contribution in [0.5, 0.6) is 0 Å². The van der Waals surface area contributed by atoms with Gasteiger partial charge in [-0.15, -0.1) is 0 Å². The van der Waals surface area contributed by atoms with E-state index in [1.54, 1.807) is 0 Å². The molecule has 0 radical (unpaired) electrons. The highest BCUT2D eigenvalue weighted by Crippen LogP contribution is 2.27. The molecule has 1 aromatic rings. The molecule has 1 N–H and O–H groups in total. The van der Waals surface area contributed by atoms with Gasteiger partial charge < -0.3 is 14.9 Å². The van der Waals surface area contributed by atoms with Crippen molar-refractivity contribution in [2.75, 3.05) is 36.0 Å². The number of hydrogen-bond acceptors (Lipinski definition) is 5. The molecule has 1 aromatic heterocycles. The first kappa shape index (κ1) is 16.0. The lowest BCUT2D eigenvalue weighted by molar-refractivity contribution is -0.142. The highest BCUT2D eigenvalue weighted by molar-refractivity contribution is 5.70. The molecule has 23 heavy (non-hydrogen) atoms. The van der Waals surface area contributed by atoms with Crippen LogP contribution in [0.25, 0.3) is 0 Å². The molecule has 126 valence electrons. The smallest absolute Gasteiger partial charge is 0.306 e. The fraction of sp³-hybridized carbons (Fsp3) is 0.706. The van der Waals surface area contributed by atoms with Crippen molar-refractivity contribution in [1.82, 2.24) is 9.97 Å². The summed E-state index contributed by atoms with van der Waals surface area (Å²) in [6, 6.07) is 2.07. The third kappa shape index (κ3) is 3.74. The van der Waals surface area contributed by atoms with Crippen LogP contribution in [0.2, 0.25) is 0 Å². The number of carboxylic acids is 1. The van der Waals surface area contributed by atoms with Crippen molar-refractivity contribution in [3.63, 3.8) is 0 Å². The van der Waals surface area contributed by atoms with Crippen LogP contribution in [0.1, 0.15) is 38.4 Å². The van der Waals surface area contributed by atoms with Crippen LogP contribution < -0.4 is 9.80 Å². The van der Waals surface area contributed by atoms with Crippen molar-refractivity contribution in [1.29, 1.82) is 0 Å². The third-order valence-corrected chi connectivity index (χ3v) is 5.09. The molecule has 0 aromatic carbocycles. The van der Waals surface area contributed by atoms with E-state index in [0.29, 0.717) is 12.8 Å². The van der Waals surface area contributed by atoms with Crippen molar-refractivity contribution < 1.29 is 9.90 Å². The summed E-state index contributed by atoms with van der Waals surface area (Å²) in [5.74, 6) is 2.65. The van der Waals surface area contributed by atoms with Gasteiger partial charge in [0, 0.05) is 32.2 Å². The zero-order chi connectivity index (χ0) is 16.4. The summed E-state index contributed by atoms with van der Waals surface area (Å²) >= 11 is 0. The maximum Gasteiger partial charge on any atom is 0.306 e. The van der Waals surface area contributed by atoms with Crippen LogP contribution >= 0.6 is 0 Å². The monoisotopic (exact) mass is 318 g/mol. The third-order valence-electron chi connectivity index (χ3n) is 5.09. The van der Waals surface area contributed by atoms with E-state index < -0.39 is 5.97 Å². The minimum absolute atomic E-state index is 0.211. The summed E-state index contributed by atoms with van der Waals surface area (Å²) < 4.78 is 0. The summed E-state index contributed by atoms with van der Waals surface area (Å²) in [6.45, 7) is 7.86. The molecule has 2 fully saturated rings. The Labute approximate surface area is 137 Å². The summed E-state index contributed by atoms with van der Waals surface area (Å²) in [5, 5.41) is 9.12. The Morgan fingerprint density at radius 2 is 1.52 bits per heavy atom. The summed E-state index contributed by atoms with van der Waals surface area (Å²) in [5.41, 5.74) is 0. The summed E-state index contributed by atoms with van der Waals surface area (Å²) in [4.78, 5) is 24.8. The Kier molecular flexibility index (Phi) is 4.68. The molecule has 3 rings (SSSR count). The maximum atomic E-state index is 11.1. The van der Waals surface area contributed by atoms with E-state index in [2.05, 4.69) is 32.8 Å². The standard InChI is InChI=1S/C17H26N4O2/c1-12-3-7-20(8-4-12)15-11-16(19-13(2)18-15)21-9-5-14(6-10-21)17(22)23/h11-12,14H,3-10H2,1-2H3,(H,22,23). The van der Waals surface area contributed by atoms with E-state index in [0.717, 1.165) is 49.6 Å². The number of piperidine rings is 2. The lowest BCUT2D eigenvalue weighted by Gasteiger charge is -2.34. The molecule has 0 saturated carbocycles. The predicted octanol–water partition coefficient (Wildman–Crippen LogP) is 2.32. The summed E-state index contributed by atoms with van der Waals surface area (Å²) in [6.07, 6.45) is 3.80. The van der Waals surface area contributed by atoms with Gasteiger partial charge in [-0.1, -0.05) is 6.92 Å². The second kappa shape index (κ2) is 6.72. The first-order valence-corrected chi connectivity index (χ1v) is 8.61. The molecule has 6 nitrogen and oxygen atoms in total. The van der Waals surface area contributed by atoms with Crippen LogP contribution in [-0.2, 0) is 4.79 Å². The fourth-order valence-corrected chi connectivity index (χ4v) is 3.45. The molecule has 2 aliphatic rings. The van der Waals surface area contributed by atoms with E-state index >= 15 is 0 Å². The van der Waals surface area contributed by atoms with E-state index in [1.807, 2.05) is 6.92 Å². The lowest BCUT2D eigenvalue weighted by atomic mass is 9.97. The highest BCUT2D eigenvalue weighted by Gasteiger charge is 2.26. The Morgan fingerprint density at radius 3 is 2.00 bits per heavy atom. The summed E-state index contributed by atoms with van der Waals surface area (Å²) in [7, 11) is 0. The SMILES string of the molecule is Cc1nc(N2CCC(C)CC2)cc(N2CCC(C(=O)O)CC2)n1. The van der Waals surface area contributed by atoms with Crippen LogP contribution in [0.4, 0.5) is 11.6 Å². The van der Waals surface area contributed by atoms with Gasteiger partial charge in [-0.25, -0.2) is 9.97 Å². The quantitative estimate of drug-likeness (QED) is 0.922. The van der Waals surface area contributed by atoms with Crippen molar-refractivity contribution in [3.8, 4) is 0 Å². The molecule has 0 amide bonds. The van der Waals surface area contributed by atoms with Gasteiger partial charge in [0.2, 0.25) is 0 Å². The van der Waals surface area contributed by atoms with Crippen molar-refractivity contribution in [3.05, 3.63) is 11.9 Å². The number of carbonyl (C=O) groups is 1. The predicted molar refractivity (Wildman–Crippen MR) is 90.0 cm³/mol. The van der Waals surface area contributed by atoms with Crippen LogP contribution in [0.15, 0.2) is 6.07 Å². The fourth-order valence-electron chi connectivity index (χ4n) is 3.45. The Hall–Kier alpha value is -1.85. The molecule has 2 saturated heterocycles. The molecule has 6 heteroatoms. The molecule has 0 atom stereocenters. The molecule has 0 spiro atoms. The number of hydrogen-bond donors (Lipinski definition) is 1. The Morgan fingerprint density at radius 1 is 1.04 bits per heavy atom. The molecule has 3 heterocycles. The largest absolute Gasteiger partial charge is 0.481 e. The van der Waals surface area contributed by atoms with E-state index in [-0.39, 0.29) is 5.92 Å². The van der Waals surface area contributed by atoms with Crippen LogP contribution in [0, 0.1) is 18.8 Å². The van der Waals surface area contributed by atoms with Gasteiger partial charge in [0.15, 0.2) is 0 Å². The molecule has 0 aliphatic carbocycles. The van der Waals surface area contributed by atoms with Crippen LogP contribution in [-0.4, -0.2) is 47.2 Å². The Bertz CT molecular complexity index is 562. The molecule has 0 unspecified atom stereocenters. The average molecular weight is 318 g/mol. The van der Waals surface area contributed by atoms with Gasteiger partial charge >= 0.3 is 5.97 Å². The number of anilines is 2. The van der Waals surface area contributed by atoms with Crippen molar-refractivity contribution in [2.45, 2.75) is 39.5 Å². The van der Waals surface area contributed by atoms with E-state index in [4.69, 9.17) is 5.11 Å². The molecule has 2 aliphatic heterocycles. The number of aromatic nitrogens is 2. The minimum atomic E-state index is -0.674. The second-order valence-electron chi connectivity index (χ2n) is 6.90. The zero-order valence-electron chi connectivity index (χ0n) is 14.0. The zero-order valence-corrected chi connectivity index (χ0v) is 14.0. The molecular weight excluding hydrogens is 292 g/mol. The lowest BCUT2D eigenvalue weighted by Crippen LogP contribution is -2.37. The van der Waals surface area contributed by atoms with Gasteiger partial charge in [-0.3, -0.25) is 4.79 Å². The van der Waals surface area contributed by atoms with Gasteiger partial charge in [0.1, 0.15) is 17.5 Å². The van der Waals surface area contributed by atoms with Gasteiger partial charge in [-0.05, 0) is 38.5 Å². The molecular formula is C17H26N4O2. The number of aryl methyl sites for hydroxylation is 1. The van der Waals surface area contributed by atoms with Gasteiger partial charge in [0.25, 0.3) is 0 Å². The first-order valence-electron chi connectivity index (χ1n) is 8.61.